The van der Waals surface area contributed by atoms with Crippen LogP contribution in [0.25, 0.3) is 21.5 Å². The van der Waals surface area contributed by atoms with E-state index in [1.165, 1.54) is 38.4 Å². The number of aromatic nitrogens is 1. The van der Waals surface area contributed by atoms with Gasteiger partial charge in [0.2, 0.25) is 0 Å². The number of aryl methyl sites for hydroxylation is 4. The molecule has 0 N–H and O–H groups in total. The van der Waals surface area contributed by atoms with Crippen LogP contribution in [-0.4, -0.2) is 0 Å². The van der Waals surface area contributed by atoms with E-state index in [0.29, 0.717) is 0 Å². The van der Waals surface area contributed by atoms with Gasteiger partial charge >= 0.3 is 0 Å². The zero-order chi connectivity index (χ0) is 12.9. The summed E-state index contributed by atoms with van der Waals surface area (Å²) in [5, 5.41) is 5.43. The van der Waals surface area contributed by atoms with Crippen molar-refractivity contribution in [2.75, 3.05) is 0 Å². The van der Waals surface area contributed by atoms with E-state index in [0.717, 1.165) is 0 Å². The summed E-state index contributed by atoms with van der Waals surface area (Å²) in [5.41, 5.74) is 4.06. The second-order valence-corrected chi connectivity index (χ2v) is 5.14. The zero-order valence-corrected chi connectivity index (χ0v) is 11.4. The number of fused-ring (bicyclic) bond motifs is 3. The molecular formula is C17H18N+. The molecule has 0 bridgehead atoms. The van der Waals surface area contributed by atoms with E-state index in [9.17, 15) is 0 Å². The van der Waals surface area contributed by atoms with Crippen molar-refractivity contribution in [3.8, 4) is 0 Å². The number of benzene rings is 2. The van der Waals surface area contributed by atoms with Gasteiger partial charge in [0.15, 0.2) is 11.9 Å². The first kappa shape index (κ1) is 11.2. The Hall–Kier alpha value is -1.89. The summed E-state index contributed by atoms with van der Waals surface area (Å²) in [6.07, 6.45) is 2.15. The molecule has 2 aromatic carbocycles. The molecule has 18 heavy (non-hydrogen) atoms. The Morgan fingerprint density at radius 3 is 2.11 bits per heavy atom. The van der Waals surface area contributed by atoms with Crippen molar-refractivity contribution in [2.45, 2.75) is 20.8 Å². The summed E-state index contributed by atoms with van der Waals surface area (Å²) in [5.74, 6) is 0. The lowest BCUT2D eigenvalue weighted by atomic mass is 9.96. The molecule has 0 fully saturated rings. The monoisotopic (exact) mass is 236 g/mol. The Kier molecular flexibility index (Phi) is 2.37. The van der Waals surface area contributed by atoms with Gasteiger partial charge in [0.05, 0.1) is 0 Å². The van der Waals surface area contributed by atoms with Gasteiger partial charge < -0.3 is 0 Å². The van der Waals surface area contributed by atoms with Crippen LogP contribution in [0.15, 0.2) is 36.5 Å². The number of hydrogen-bond donors (Lipinski definition) is 0. The number of pyridine rings is 1. The van der Waals surface area contributed by atoms with Gasteiger partial charge in [-0.25, -0.2) is 4.57 Å². The molecule has 0 saturated heterocycles. The van der Waals surface area contributed by atoms with Crippen LogP contribution < -0.4 is 4.57 Å². The highest BCUT2D eigenvalue weighted by Gasteiger charge is 2.10. The lowest BCUT2D eigenvalue weighted by molar-refractivity contribution is -0.676. The van der Waals surface area contributed by atoms with Crippen LogP contribution in [0.1, 0.15) is 16.8 Å². The molecule has 0 saturated carbocycles. The summed E-state index contributed by atoms with van der Waals surface area (Å²) in [6.45, 7) is 6.56. The van der Waals surface area contributed by atoms with Crippen LogP contribution in [0, 0.1) is 20.8 Å². The normalized spacial score (nSPS) is 11.3. The maximum Gasteiger partial charge on any atom is 0.185 e. The average molecular weight is 236 g/mol. The van der Waals surface area contributed by atoms with Gasteiger partial charge in [0.25, 0.3) is 0 Å². The molecule has 0 unspecified atom stereocenters. The molecular weight excluding hydrogens is 218 g/mol. The van der Waals surface area contributed by atoms with Crippen molar-refractivity contribution in [2.24, 2.45) is 7.05 Å². The first-order chi connectivity index (χ1) is 8.59. The van der Waals surface area contributed by atoms with Gasteiger partial charge in [-0.3, -0.25) is 0 Å². The van der Waals surface area contributed by atoms with Crippen LogP contribution >= 0.6 is 0 Å². The number of rotatable bonds is 0. The molecule has 0 radical (unpaired) electrons. The van der Waals surface area contributed by atoms with Crippen LogP contribution in [-0.2, 0) is 7.05 Å². The molecule has 0 aliphatic heterocycles. The molecule has 0 spiro atoms. The van der Waals surface area contributed by atoms with E-state index in [-0.39, 0.29) is 0 Å². The topological polar surface area (TPSA) is 3.88 Å². The standard InChI is InChI=1S/C17H18N/c1-11-5-6-16-14(12(11)2)7-8-15-13(3)18(4)10-9-17(15)16/h5-10H,1-4H3/q+1. The SMILES string of the molecule is Cc1ccc2c(ccc3c(C)[n+](C)ccc32)c1C. The Morgan fingerprint density at radius 2 is 1.33 bits per heavy atom. The highest BCUT2D eigenvalue weighted by Crippen LogP contribution is 2.29. The summed E-state index contributed by atoms with van der Waals surface area (Å²) in [4.78, 5) is 0. The lowest BCUT2D eigenvalue weighted by Crippen LogP contribution is -2.31. The molecule has 0 atom stereocenters. The van der Waals surface area contributed by atoms with Gasteiger partial charge in [0.1, 0.15) is 7.05 Å². The predicted molar refractivity (Wildman–Crippen MR) is 76.8 cm³/mol. The average Bonchev–Trinajstić information content (AvgIpc) is 2.38. The largest absolute Gasteiger partial charge is 0.205 e. The fourth-order valence-electron chi connectivity index (χ4n) is 2.67. The molecule has 1 heterocycles. The molecule has 3 rings (SSSR count). The summed E-state index contributed by atoms with van der Waals surface area (Å²) >= 11 is 0. The first-order valence-electron chi connectivity index (χ1n) is 6.37. The summed E-state index contributed by atoms with van der Waals surface area (Å²) in [6, 6.07) is 11.2. The van der Waals surface area contributed by atoms with Crippen molar-refractivity contribution in [1.29, 1.82) is 0 Å². The van der Waals surface area contributed by atoms with Crippen molar-refractivity contribution in [3.63, 3.8) is 0 Å². The second kappa shape index (κ2) is 3.81. The smallest absolute Gasteiger partial charge is 0.185 e. The Bertz CT molecular complexity index is 703. The van der Waals surface area contributed by atoms with Gasteiger partial charge in [-0.1, -0.05) is 18.2 Å². The van der Waals surface area contributed by atoms with E-state index in [4.69, 9.17) is 0 Å². The van der Waals surface area contributed by atoms with Gasteiger partial charge in [-0.15, -0.1) is 0 Å². The Labute approximate surface area is 108 Å². The third kappa shape index (κ3) is 1.43. The number of hydrogen-bond acceptors (Lipinski definition) is 0. The van der Waals surface area contributed by atoms with E-state index in [2.05, 4.69) is 68.9 Å². The zero-order valence-electron chi connectivity index (χ0n) is 11.4. The van der Waals surface area contributed by atoms with Crippen molar-refractivity contribution in [1.82, 2.24) is 0 Å². The van der Waals surface area contributed by atoms with Gasteiger partial charge in [-0.2, -0.15) is 0 Å². The third-order valence-electron chi connectivity index (χ3n) is 4.17. The maximum atomic E-state index is 2.26. The van der Waals surface area contributed by atoms with E-state index in [1.807, 2.05) is 0 Å². The van der Waals surface area contributed by atoms with Gasteiger partial charge in [0, 0.05) is 23.8 Å². The summed E-state index contributed by atoms with van der Waals surface area (Å²) < 4.78 is 2.18. The quantitative estimate of drug-likeness (QED) is 0.413. The molecule has 0 amide bonds. The van der Waals surface area contributed by atoms with Gasteiger partial charge in [-0.05, 0) is 41.8 Å². The van der Waals surface area contributed by atoms with Crippen molar-refractivity contribution in [3.05, 3.63) is 53.3 Å². The molecule has 0 aliphatic rings. The fourth-order valence-corrected chi connectivity index (χ4v) is 2.67. The maximum absolute atomic E-state index is 2.26. The molecule has 0 aliphatic carbocycles. The Balaban J connectivity index is 2.56. The van der Waals surface area contributed by atoms with Crippen LogP contribution in [0.4, 0.5) is 0 Å². The third-order valence-corrected chi connectivity index (χ3v) is 4.17. The first-order valence-corrected chi connectivity index (χ1v) is 6.37. The predicted octanol–water partition coefficient (Wildman–Crippen LogP) is 3.74. The minimum Gasteiger partial charge on any atom is -0.205 e. The molecule has 1 nitrogen and oxygen atoms in total. The van der Waals surface area contributed by atoms with Crippen LogP contribution in [0.5, 0.6) is 0 Å². The highest BCUT2D eigenvalue weighted by molar-refractivity contribution is 6.08. The second-order valence-electron chi connectivity index (χ2n) is 5.14. The minimum atomic E-state index is 1.31. The van der Waals surface area contributed by atoms with Crippen molar-refractivity contribution < 1.29 is 4.57 Å². The lowest BCUT2D eigenvalue weighted by Gasteiger charge is -2.09. The van der Waals surface area contributed by atoms with Crippen molar-refractivity contribution >= 4 is 21.5 Å². The molecule has 1 aromatic heterocycles. The highest BCUT2D eigenvalue weighted by atomic mass is 14.9. The fraction of sp³-hybridized carbons (Fsp3) is 0.235. The van der Waals surface area contributed by atoms with E-state index < -0.39 is 0 Å². The van der Waals surface area contributed by atoms with E-state index in [1.54, 1.807) is 0 Å². The van der Waals surface area contributed by atoms with Crippen LogP contribution in [0.3, 0.4) is 0 Å². The molecule has 1 heteroatoms. The Morgan fingerprint density at radius 1 is 0.722 bits per heavy atom. The van der Waals surface area contributed by atoms with E-state index >= 15 is 0 Å². The van der Waals surface area contributed by atoms with Crippen LogP contribution in [0.2, 0.25) is 0 Å². The minimum absolute atomic E-state index is 1.31. The molecule has 90 valence electrons. The number of nitrogens with zero attached hydrogens (tertiary/aromatic N) is 1. The molecule has 3 aromatic rings. The summed E-state index contributed by atoms with van der Waals surface area (Å²) in [7, 11) is 2.10.